The van der Waals surface area contributed by atoms with Gasteiger partial charge in [0, 0.05) is 49.4 Å². The van der Waals surface area contributed by atoms with Crippen LogP contribution in [0.25, 0.3) is 11.4 Å². The summed E-state index contributed by atoms with van der Waals surface area (Å²) in [5.74, 6) is 1.37. The highest BCUT2D eigenvalue weighted by Gasteiger charge is 2.22. The molecule has 7 nitrogen and oxygen atoms in total. The second kappa shape index (κ2) is 7.03. The predicted molar refractivity (Wildman–Crippen MR) is 94.2 cm³/mol. The Morgan fingerprint density at radius 3 is 2.77 bits per heavy atom. The van der Waals surface area contributed by atoms with Crippen molar-refractivity contribution in [2.45, 2.75) is 32.2 Å². The molecule has 0 saturated heterocycles. The molecule has 3 heterocycles. The van der Waals surface area contributed by atoms with Crippen molar-refractivity contribution >= 4 is 5.91 Å². The van der Waals surface area contributed by atoms with Crippen molar-refractivity contribution in [1.82, 2.24) is 25.0 Å². The number of aryl methyl sites for hydroxylation is 1. The van der Waals surface area contributed by atoms with Gasteiger partial charge < -0.3 is 9.42 Å². The van der Waals surface area contributed by atoms with Crippen LogP contribution >= 0.6 is 0 Å². The molecule has 0 radical (unpaired) electrons. The molecule has 0 atom stereocenters. The molecule has 3 aromatic rings. The molecule has 0 aliphatic heterocycles. The lowest BCUT2D eigenvalue weighted by Crippen LogP contribution is -2.27. The fourth-order valence-corrected chi connectivity index (χ4v) is 3.17. The molecule has 1 aliphatic carbocycles. The van der Waals surface area contributed by atoms with Crippen LogP contribution in [0.2, 0.25) is 0 Å². The lowest BCUT2D eigenvalue weighted by molar-refractivity contribution is 0.0781. The van der Waals surface area contributed by atoms with Crippen LogP contribution in [0, 0.1) is 0 Å². The molecule has 0 spiro atoms. The molecule has 0 bridgehead atoms. The van der Waals surface area contributed by atoms with E-state index in [9.17, 15) is 4.79 Å². The first-order chi connectivity index (χ1) is 12.7. The number of carbonyl (C=O) groups is 1. The van der Waals surface area contributed by atoms with E-state index in [4.69, 9.17) is 4.52 Å². The number of hydrogen-bond donors (Lipinski definition) is 0. The molecule has 4 rings (SSSR count). The molecule has 1 amide bonds. The van der Waals surface area contributed by atoms with Gasteiger partial charge in [0.25, 0.3) is 5.91 Å². The van der Waals surface area contributed by atoms with Gasteiger partial charge >= 0.3 is 0 Å². The van der Waals surface area contributed by atoms with Gasteiger partial charge in [-0.1, -0.05) is 5.16 Å². The van der Waals surface area contributed by atoms with Crippen molar-refractivity contribution in [2.75, 3.05) is 7.05 Å². The average molecular weight is 349 g/mol. The zero-order valence-electron chi connectivity index (χ0n) is 14.6. The maximum atomic E-state index is 12.7. The van der Waals surface area contributed by atoms with E-state index in [1.54, 1.807) is 36.7 Å². The average Bonchev–Trinajstić information content (AvgIpc) is 3.11. The number of carbonyl (C=O) groups excluding carboxylic acids is 1. The van der Waals surface area contributed by atoms with E-state index in [-0.39, 0.29) is 5.91 Å². The summed E-state index contributed by atoms with van der Waals surface area (Å²) in [4.78, 5) is 26.9. The molecule has 7 heteroatoms. The maximum absolute atomic E-state index is 12.7. The van der Waals surface area contributed by atoms with Crippen LogP contribution < -0.4 is 0 Å². The number of rotatable bonds is 4. The quantitative estimate of drug-likeness (QED) is 0.720. The van der Waals surface area contributed by atoms with Gasteiger partial charge in [0.1, 0.15) is 11.5 Å². The molecule has 132 valence electrons. The summed E-state index contributed by atoms with van der Waals surface area (Å²) in [6, 6.07) is 3.70. The van der Waals surface area contributed by atoms with Crippen molar-refractivity contribution in [3.05, 3.63) is 59.5 Å². The monoisotopic (exact) mass is 349 g/mol. The highest BCUT2D eigenvalue weighted by Crippen LogP contribution is 2.25. The first-order valence-corrected chi connectivity index (χ1v) is 8.66. The predicted octanol–water partition coefficient (Wildman–Crippen LogP) is 2.68. The van der Waals surface area contributed by atoms with Gasteiger partial charge in [-0.25, -0.2) is 9.97 Å². The van der Waals surface area contributed by atoms with E-state index in [1.807, 2.05) is 12.1 Å². The summed E-state index contributed by atoms with van der Waals surface area (Å²) in [6.45, 7) is 0.419. The zero-order valence-corrected chi connectivity index (χ0v) is 14.6. The van der Waals surface area contributed by atoms with Crippen LogP contribution in [0.5, 0.6) is 0 Å². The summed E-state index contributed by atoms with van der Waals surface area (Å²) >= 11 is 0. The standard InChI is InChI=1S/C19H19N5O2/c1-24(12-16-15-6-2-3-7-17(15)26-23-16)19(25)14-10-21-18(22-11-14)13-5-4-8-20-9-13/h4-5,8-11H,2-3,6-7,12H2,1H3. The van der Waals surface area contributed by atoms with Gasteiger partial charge in [-0.2, -0.15) is 0 Å². The Kier molecular flexibility index (Phi) is 4.43. The van der Waals surface area contributed by atoms with E-state index >= 15 is 0 Å². The molecule has 0 fully saturated rings. The fraction of sp³-hybridized carbons (Fsp3) is 0.316. The Morgan fingerprint density at radius 2 is 2.00 bits per heavy atom. The number of amides is 1. The van der Waals surface area contributed by atoms with Crippen LogP contribution in [0.3, 0.4) is 0 Å². The summed E-state index contributed by atoms with van der Waals surface area (Å²) < 4.78 is 5.42. The van der Waals surface area contributed by atoms with Crippen molar-refractivity contribution in [3.8, 4) is 11.4 Å². The normalized spacial score (nSPS) is 13.3. The topological polar surface area (TPSA) is 85.0 Å². The lowest BCUT2D eigenvalue weighted by Gasteiger charge is -2.17. The summed E-state index contributed by atoms with van der Waals surface area (Å²) in [5, 5.41) is 4.16. The first-order valence-electron chi connectivity index (χ1n) is 8.66. The number of fused-ring (bicyclic) bond motifs is 1. The van der Waals surface area contributed by atoms with Gasteiger partial charge in [0.2, 0.25) is 0 Å². The summed E-state index contributed by atoms with van der Waals surface area (Å²) in [7, 11) is 1.75. The van der Waals surface area contributed by atoms with Crippen LogP contribution in [0.1, 0.15) is 40.2 Å². The van der Waals surface area contributed by atoms with Gasteiger partial charge in [0.05, 0.1) is 12.1 Å². The third-order valence-corrected chi connectivity index (χ3v) is 4.58. The van der Waals surface area contributed by atoms with E-state index in [2.05, 4.69) is 20.1 Å². The Bertz CT molecular complexity index is 905. The number of aromatic nitrogens is 4. The van der Waals surface area contributed by atoms with E-state index in [0.29, 0.717) is 17.9 Å². The lowest BCUT2D eigenvalue weighted by atomic mass is 9.96. The van der Waals surface area contributed by atoms with Crippen molar-refractivity contribution in [2.24, 2.45) is 0 Å². The number of nitrogens with zero attached hydrogens (tertiary/aromatic N) is 5. The van der Waals surface area contributed by atoms with Crippen molar-refractivity contribution in [3.63, 3.8) is 0 Å². The largest absolute Gasteiger partial charge is 0.361 e. The Labute approximate surface area is 151 Å². The molecule has 0 aromatic carbocycles. The van der Waals surface area contributed by atoms with Crippen molar-refractivity contribution < 1.29 is 9.32 Å². The molecule has 1 aliphatic rings. The van der Waals surface area contributed by atoms with E-state index < -0.39 is 0 Å². The smallest absolute Gasteiger partial charge is 0.257 e. The minimum atomic E-state index is -0.143. The molecule has 0 N–H and O–H groups in total. The zero-order chi connectivity index (χ0) is 17.9. The van der Waals surface area contributed by atoms with Crippen LogP contribution in [0.4, 0.5) is 0 Å². The molecular weight excluding hydrogens is 330 g/mol. The van der Waals surface area contributed by atoms with Gasteiger partial charge in [-0.15, -0.1) is 0 Å². The summed E-state index contributed by atoms with van der Waals surface area (Å²) in [5.41, 5.74) is 3.27. The number of hydrogen-bond acceptors (Lipinski definition) is 6. The minimum Gasteiger partial charge on any atom is -0.361 e. The fourth-order valence-electron chi connectivity index (χ4n) is 3.17. The third-order valence-electron chi connectivity index (χ3n) is 4.58. The second-order valence-corrected chi connectivity index (χ2v) is 6.44. The van der Waals surface area contributed by atoms with Gasteiger partial charge in [-0.05, 0) is 31.4 Å². The molecule has 3 aromatic heterocycles. The van der Waals surface area contributed by atoms with E-state index in [1.165, 1.54) is 5.56 Å². The van der Waals surface area contributed by atoms with E-state index in [0.717, 1.165) is 42.7 Å². The number of pyridine rings is 1. The SMILES string of the molecule is CN(Cc1noc2c1CCCC2)C(=O)c1cnc(-c2cccnc2)nc1. The highest BCUT2D eigenvalue weighted by molar-refractivity contribution is 5.93. The third kappa shape index (κ3) is 3.20. The Hall–Kier alpha value is -3.09. The maximum Gasteiger partial charge on any atom is 0.257 e. The molecule has 0 unspecified atom stereocenters. The Morgan fingerprint density at radius 1 is 1.19 bits per heavy atom. The molecule has 26 heavy (non-hydrogen) atoms. The minimum absolute atomic E-state index is 0.143. The Balaban J connectivity index is 1.48. The van der Waals surface area contributed by atoms with Gasteiger partial charge in [0.15, 0.2) is 5.82 Å². The van der Waals surface area contributed by atoms with Crippen molar-refractivity contribution in [1.29, 1.82) is 0 Å². The molecule has 0 saturated carbocycles. The van der Waals surface area contributed by atoms with Crippen LogP contribution in [-0.2, 0) is 19.4 Å². The first kappa shape index (κ1) is 16.4. The van der Waals surface area contributed by atoms with Crippen LogP contribution in [-0.4, -0.2) is 38.0 Å². The molecular formula is C19H19N5O2. The second-order valence-electron chi connectivity index (χ2n) is 6.44. The van der Waals surface area contributed by atoms with Crippen LogP contribution in [0.15, 0.2) is 41.4 Å². The highest BCUT2D eigenvalue weighted by atomic mass is 16.5. The summed E-state index contributed by atoms with van der Waals surface area (Å²) in [6.07, 6.45) is 10.7. The van der Waals surface area contributed by atoms with Gasteiger partial charge in [-0.3, -0.25) is 9.78 Å².